The molecule has 0 aliphatic rings. The fourth-order valence-corrected chi connectivity index (χ4v) is 1.56. The van der Waals surface area contributed by atoms with Gasteiger partial charge in [-0.1, -0.05) is 6.07 Å². The van der Waals surface area contributed by atoms with Crippen LogP contribution >= 0.6 is 0 Å². The number of carboxylic acid groups (broad SMARTS) is 1. The van der Waals surface area contributed by atoms with Gasteiger partial charge in [0.25, 0.3) is 0 Å². The molecular weight excluding hydrogens is 194 g/mol. The molecule has 2 heterocycles. The maximum atomic E-state index is 10.9. The molecular formula is C10H11N3O2. The molecule has 0 unspecified atom stereocenters. The standard InChI is InChI=1S/C10H11N3O2/c1-6-2-3-7-9(10(14)15)12-8(4-11)13(7)5-6/h2-3,5H,4,11H2,1H3,(H,14,15). The van der Waals surface area contributed by atoms with Crippen molar-refractivity contribution < 1.29 is 9.90 Å². The number of nitrogens with two attached hydrogens (primary N) is 1. The van der Waals surface area contributed by atoms with Crippen LogP contribution in [0.3, 0.4) is 0 Å². The minimum absolute atomic E-state index is 0.0513. The van der Waals surface area contributed by atoms with Crippen LogP contribution in [0.5, 0.6) is 0 Å². The van der Waals surface area contributed by atoms with E-state index in [0.29, 0.717) is 11.3 Å². The van der Waals surface area contributed by atoms with Crippen LogP contribution in [0.4, 0.5) is 0 Å². The molecule has 2 aromatic rings. The van der Waals surface area contributed by atoms with Crippen molar-refractivity contribution in [3.8, 4) is 0 Å². The van der Waals surface area contributed by atoms with Crippen LogP contribution in [0, 0.1) is 6.92 Å². The number of rotatable bonds is 2. The summed E-state index contributed by atoms with van der Waals surface area (Å²) >= 11 is 0. The normalized spacial score (nSPS) is 10.8. The van der Waals surface area contributed by atoms with Gasteiger partial charge in [0.05, 0.1) is 12.1 Å². The number of aryl methyl sites for hydroxylation is 1. The number of hydrogen-bond acceptors (Lipinski definition) is 3. The molecule has 0 amide bonds. The van der Waals surface area contributed by atoms with Crippen molar-refractivity contribution in [1.82, 2.24) is 9.38 Å². The second-order valence-corrected chi connectivity index (χ2v) is 3.35. The zero-order chi connectivity index (χ0) is 11.0. The van der Waals surface area contributed by atoms with Crippen LogP contribution < -0.4 is 5.73 Å². The molecule has 2 aromatic heterocycles. The molecule has 5 heteroatoms. The van der Waals surface area contributed by atoms with Crippen LogP contribution in [-0.2, 0) is 6.54 Å². The summed E-state index contributed by atoms with van der Waals surface area (Å²) in [6, 6.07) is 3.59. The van der Waals surface area contributed by atoms with Crippen LogP contribution in [-0.4, -0.2) is 20.5 Å². The van der Waals surface area contributed by atoms with Gasteiger partial charge >= 0.3 is 5.97 Å². The quantitative estimate of drug-likeness (QED) is 0.759. The number of aromatic carboxylic acids is 1. The summed E-state index contributed by atoms with van der Waals surface area (Å²) in [7, 11) is 0. The average Bonchev–Trinajstić information content (AvgIpc) is 2.55. The Morgan fingerprint density at radius 2 is 2.33 bits per heavy atom. The third-order valence-corrected chi connectivity index (χ3v) is 2.24. The number of fused-ring (bicyclic) bond motifs is 1. The van der Waals surface area contributed by atoms with E-state index >= 15 is 0 Å². The third-order valence-electron chi connectivity index (χ3n) is 2.24. The summed E-state index contributed by atoms with van der Waals surface area (Å²) in [5.74, 6) is -0.470. The number of carbonyl (C=O) groups is 1. The lowest BCUT2D eigenvalue weighted by atomic mass is 10.2. The SMILES string of the molecule is Cc1ccc2c(C(=O)O)nc(CN)n2c1. The summed E-state index contributed by atoms with van der Waals surface area (Å²) in [5, 5.41) is 8.94. The largest absolute Gasteiger partial charge is 0.476 e. The molecule has 0 aliphatic carbocycles. The Morgan fingerprint density at radius 3 is 2.93 bits per heavy atom. The number of hydrogen-bond donors (Lipinski definition) is 2. The zero-order valence-electron chi connectivity index (χ0n) is 8.27. The molecule has 0 saturated carbocycles. The Morgan fingerprint density at radius 1 is 1.60 bits per heavy atom. The highest BCUT2D eigenvalue weighted by Gasteiger charge is 2.15. The van der Waals surface area contributed by atoms with Gasteiger partial charge in [0.15, 0.2) is 5.69 Å². The Labute approximate surface area is 86.2 Å². The van der Waals surface area contributed by atoms with Gasteiger partial charge in [-0.15, -0.1) is 0 Å². The first-order valence-electron chi connectivity index (χ1n) is 4.54. The van der Waals surface area contributed by atoms with Crippen molar-refractivity contribution in [3.05, 3.63) is 35.4 Å². The topological polar surface area (TPSA) is 80.6 Å². The molecule has 78 valence electrons. The van der Waals surface area contributed by atoms with E-state index in [-0.39, 0.29) is 12.2 Å². The number of nitrogens with zero attached hydrogens (tertiary/aromatic N) is 2. The second-order valence-electron chi connectivity index (χ2n) is 3.35. The van der Waals surface area contributed by atoms with Gasteiger partial charge in [0, 0.05) is 6.20 Å². The van der Waals surface area contributed by atoms with E-state index in [1.165, 1.54) is 0 Å². The highest BCUT2D eigenvalue weighted by atomic mass is 16.4. The van der Waals surface area contributed by atoms with Crippen molar-refractivity contribution in [2.75, 3.05) is 0 Å². The van der Waals surface area contributed by atoms with Crippen molar-refractivity contribution >= 4 is 11.5 Å². The zero-order valence-corrected chi connectivity index (χ0v) is 8.27. The van der Waals surface area contributed by atoms with Gasteiger partial charge < -0.3 is 15.2 Å². The van der Waals surface area contributed by atoms with Crippen LogP contribution in [0.25, 0.3) is 5.52 Å². The first-order valence-corrected chi connectivity index (χ1v) is 4.54. The van der Waals surface area contributed by atoms with Crippen molar-refractivity contribution in [1.29, 1.82) is 0 Å². The average molecular weight is 205 g/mol. The number of imidazole rings is 1. The molecule has 0 saturated heterocycles. The maximum absolute atomic E-state index is 10.9. The minimum atomic E-state index is -1.03. The predicted molar refractivity (Wildman–Crippen MR) is 54.8 cm³/mol. The van der Waals surface area contributed by atoms with E-state index in [1.807, 2.05) is 19.2 Å². The first kappa shape index (κ1) is 9.67. The van der Waals surface area contributed by atoms with Crippen LogP contribution in [0.1, 0.15) is 21.9 Å². The predicted octanol–water partition coefficient (Wildman–Crippen LogP) is 0.800. The molecule has 0 atom stereocenters. The lowest BCUT2D eigenvalue weighted by Gasteiger charge is -1.99. The van der Waals surface area contributed by atoms with E-state index in [0.717, 1.165) is 5.56 Å². The van der Waals surface area contributed by atoms with Gasteiger partial charge in [-0.05, 0) is 18.6 Å². The van der Waals surface area contributed by atoms with Gasteiger partial charge in [-0.2, -0.15) is 0 Å². The van der Waals surface area contributed by atoms with Crippen LogP contribution in [0.15, 0.2) is 18.3 Å². The van der Waals surface area contributed by atoms with Gasteiger partial charge in [-0.3, -0.25) is 0 Å². The number of carboxylic acids is 1. The molecule has 0 fully saturated rings. The minimum Gasteiger partial charge on any atom is -0.476 e. The molecule has 0 aliphatic heterocycles. The lowest BCUT2D eigenvalue weighted by molar-refractivity contribution is 0.0693. The van der Waals surface area contributed by atoms with Crippen molar-refractivity contribution in [2.45, 2.75) is 13.5 Å². The Kier molecular flexibility index (Phi) is 2.17. The number of aromatic nitrogens is 2. The summed E-state index contributed by atoms with van der Waals surface area (Å²) in [6.45, 7) is 2.15. The van der Waals surface area contributed by atoms with Crippen molar-refractivity contribution in [3.63, 3.8) is 0 Å². The van der Waals surface area contributed by atoms with E-state index in [2.05, 4.69) is 4.98 Å². The number of pyridine rings is 1. The van der Waals surface area contributed by atoms with Crippen molar-refractivity contribution in [2.24, 2.45) is 5.73 Å². The van der Waals surface area contributed by atoms with E-state index in [1.54, 1.807) is 10.5 Å². The van der Waals surface area contributed by atoms with E-state index in [4.69, 9.17) is 10.8 Å². The van der Waals surface area contributed by atoms with Gasteiger partial charge in [0.1, 0.15) is 5.82 Å². The fourth-order valence-electron chi connectivity index (χ4n) is 1.56. The van der Waals surface area contributed by atoms with E-state index < -0.39 is 5.97 Å². The Hall–Kier alpha value is -1.88. The Balaban J connectivity index is 2.81. The van der Waals surface area contributed by atoms with Gasteiger partial charge in [-0.25, -0.2) is 9.78 Å². The molecule has 5 nitrogen and oxygen atoms in total. The molecule has 0 aromatic carbocycles. The smallest absolute Gasteiger partial charge is 0.356 e. The third kappa shape index (κ3) is 1.46. The Bertz CT molecular complexity index is 531. The first-order chi connectivity index (χ1) is 7.13. The summed E-state index contributed by atoms with van der Waals surface area (Å²) in [6.07, 6.45) is 1.83. The molecule has 0 spiro atoms. The molecule has 0 bridgehead atoms. The van der Waals surface area contributed by atoms with Gasteiger partial charge in [0.2, 0.25) is 0 Å². The van der Waals surface area contributed by atoms with E-state index in [9.17, 15) is 4.79 Å². The summed E-state index contributed by atoms with van der Waals surface area (Å²) < 4.78 is 1.72. The monoisotopic (exact) mass is 205 g/mol. The summed E-state index contributed by atoms with van der Waals surface area (Å²) in [5.41, 5.74) is 7.17. The van der Waals surface area contributed by atoms with Crippen LogP contribution in [0.2, 0.25) is 0 Å². The summed E-state index contributed by atoms with van der Waals surface area (Å²) in [4.78, 5) is 14.9. The maximum Gasteiger partial charge on any atom is 0.356 e. The molecule has 15 heavy (non-hydrogen) atoms. The molecule has 2 rings (SSSR count). The molecule has 0 radical (unpaired) electrons. The highest BCUT2D eigenvalue weighted by Crippen LogP contribution is 2.14. The highest BCUT2D eigenvalue weighted by molar-refractivity contribution is 5.93. The fraction of sp³-hybridized carbons (Fsp3) is 0.200. The lowest BCUT2D eigenvalue weighted by Crippen LogP contribution is -2.02. The molecule has 3 N–H and O–H groups in total. The second kappa shape index (κ2) is 3.36.